The quantitative estimate of drug-likeness (QED) is 0.724. The Morgan fingerprint density at radius 3 is 2.41 bits per heavy atom. The van der Waals surface area contributed by atoms with E-state index in [1.54, 1.807) is 34.1 Å². The number of carbonyl (C=O) groups is 2. The Balaban J connectivity index is 1.58. The van der Waals surface area contributed by atoms with Crippen molar-refractivity contribution >= 4 is 17.5 Å². The molecule has 3 rings (SSSR count). The fourth-order valence-corrected chi connectivity index (χ4v) is 3.31. The van der Waals surface area contributed by atoms with Crippen LogP contribution < -0.4 is 9.64 Å². The number of nitrogens with zero attached hydrogens (tertiary/aromatic N) is 3. The molecule has 0 saturated carbocycles. The predicted molar refractivity (Wildman–Crippen MR) is 110 cm³/mol. The minimum absolute atomic E-state index is 0.0188. The van der Waals surface area contributed by atoms with Crippen molar-refractivity contribution in [2.75, 3.05) is 18.1 Å². The first-order valence-electron chi connectivity index (χ1n) is 9.79. The zero-order valence-electron chi connectivity index (χ0n) is 16.8. The van der Waals surface area contributed by atoms with Crippen molar-refractivity contribution in [3.63, 3.8) is 0 Å². The van der Waals surface area contributed by atoms with Gasteiger partial charge in [0, 0.05) is 31.2 Å². The summed E-state index contributed by atoms with van der Waals surface area (Å²) in [5, 5.41) is 8.91. The molecular weight excluding hydrogens is 366 g/mol. The topological polar surface area (TPSA) is 73.6 Å². The Labute approximate surface area is 171 Å². The van der Waals surface area contributed by atoms with Gasteiger partial charge in [0.1, 0.15) is 5.75 Å². The zero-order chi connectivity index (χ0) is 20.8. The van der Waals surface area contributed by atoms with Crippen LogP contribution in [-0.4, -0.2) is 35.9 Å². The molecule has 0 aliphatic carbocycles. The van der Waals surface area contributed by atoms with Gasteiger partial charge in [0.15, 0.2) is 6.61 Å². The number of benzene rings is 2. The average molecular weight is 391 g/mol. The standard InChI is InChI=1S/C23H25N3O3/c1-17(2)26(15-19-7-5-18(14-24)6-8-19)23(28)16-29-21-11-9-20(10-12-21)25-13-3-4-22(25)27/h5-12,17H,3-4,13,15-16H2,1-2H3. The number of nitriles is 1. The van der Waals surface area contributed by atoms with Crippen molar-refractivity contribution in [1.29, 1.82) is 5.26 Å². The summed E-state index contributed by atoms with van der Waals surface area (Å²) >= 11 is 0. The van der Waals surface area contributed by atoms with E-state index in [1.165, 1.54) is 0 Å². The molecule has 1 heterocycles. The third kappa shape index (κ3) is 5.14. The van der Waals surface area contributed by atoms with Gasteiger partial charge in [-0.2, -0.15) is 5.26 Å². The van der Waals surface area contributed by atoms with Gasteiger partial charge in [-0.3, -0.25) is 9.59 Å². The molecule has 29 heavy (non-hydrogen) atoms. The maximum atomic E-state index is 12.7. The molecule has 0 unspecified atom stereocenters. The minimum atomic E-state index is -0.108. The predicted octanol–water partition coefficient (Wildman–Crippen LogP) is 3.50. The molecule has 2 amide bonds. The molecule has 6 nitrogen and oxygen atoms in total. The molecule has 2 aromatic carbocycles. The third-order valence-electron chi connectivity index (χ3n) is 4.96. The first kappa shape index (κ1) is 20.4. The lowest BCUT2D eigenvalue weighted by Crippen LogP contribution is -2.39. The fourth-order valence-electron chi connectivity index (χ4n) is 3.31. The van der Waals surface area contributed by atoms with Gasteiger partial charge < -0.3 is 14.5 Å². The van der Waals surface area contributed by atoms with Crippen molar-refractivity contribution in [3.05, 3.63) is 59.7 Å². The smallest absolute Gasteiger partial charge is 0.261 e. The van der Waals surface area contributed by atoms with Crippen LogP contribution in [0.15, 0.2) is 48.5 Å². The van der Waals surface area contributed by atoms with Gasteiger partial charge in [-0.05, 0) is 62.2 Å². The van der Waals surface area contributed by atoms with E-state index < -0.39 is 0 Å². The van der Waals surface area contributed by atoms with E-state index >= 15 is 0 Å². The third-order valence-corrected chi connectivity index (χ3v) is 4.96. The highest BCUT2D eigenvalue weighted by atomic mass is 16.5. The Morgan fingerprint density at radius 1 is 1.17 bits per heavy atom. The lowest BCUT2D eigenvalue weighted by atomic mass is 10.1. The van der Waals surface area contributed by atoms with E-state index in [1.807, 2.05) is 38.1 Å². The Hall–Kier alpha value is -3.33. The number of carbonyl (C=O) groups excluding carboxylic acids is 2. The van der Waals surface area contributed by atoms with E-state index in [4.69, 9.17) is 10.00 Å². The number of hydrogen-bond acceptors (Lipinski definition) is 4. The van der Waals surface area contributed by atoms with Gasteiger partial charge in [0.2, 0.25) is 5.91 Å². The highest BCUT2D eigenvalue weighted by Gasteiger charge is 2.22. The summed E-state index contributed by atoms with van der Waals surface area (Å²) in [4.78, 5) is 28.0. The highest BCUT2D eigenvalue weighted by molar-refractivity contribution is 5.95. The van der Waals surface area contributed by atoms with E-state index in [2.05, 4.69) is 6.07 Å². The normalized spacial score (nSPS) is 13.4. The van der Waals surface area contributed by atoms with Gasteiger partial charge in [-0.25, -0.2) is 0 Å². The number of ether oxygens (including phenoxy) is 1. The van der Waals surface area contributed by atoms with Crippen LogP contribution in [0.25, 0.3) is 0 Å². The van der Waals surface area contributed by atoms with Crippen molar-refractivity contribution in [2.45, 2.75) is 39.3 Å². The molecule has 2 aromatic rings. The number of rotatable bonds is 7. The lowest BCUT2D eigenvalue weighted by molar-refractivity contribution is -0.135. The molecular formula is C23H25N3O3. The van der Waals surface area contributed by atoms with Gasteiger partial charge in [0.05, 0.1) is 11.6 Å². The number of hydrogen-bond donors (Lipinski definition) is 0. The van der Waals surface area contributed by atoms with Gasteiger partial charge >= 0.3 is 0 Å². The van der Waals surface area contributed by atoms with Crippen molar-refractivity contribution in [1.82, 2.24) is 4.90 Å². The van der Waals surface area contributed by atoms with Crippen LogP contribution in [0, 0.1) is 11.3 Å². The molecule has 0 aromatic heterocycles. The minimum Gasteiger partial charge on any atom is -0.484 e. The Morgan fingerprint density at radius 2 is 1.86 bits per heavy atom. The van der Waals surface area contributed by atoms with E-state index in [-0.39, 0.29) is 24.5 Å². The molecule has 0 N–H and O–H groups in total. The monoisotopic (exact) mass is 391 g/mol. The summed E-state index contributed by atoms with van der Waals surface area (Å²) in [6.07, 6.45) is 1.48. The van der Waals surface area contributed by atoms with Crippen LogP contribution in [0.3, 0.4) is 0 Å². The van der Waals surface area contributed by atoms with E-state index in [9.17, 15) is 9.59 Å². The van der Waals surface area contributed by atoms with Crippen LogP contribution in [0.5, 0.6) is 5.75 Å². The highest BCUT2D eigenvalue weighted by Crippen LogP contribution is 2.24. The van der Waals surface area contributed by atoms with Crippen LogP contribution >= 0.6 is 0 Å². The molecule has 0 atom stereocenters. The van der Waals surface area contributed by atoms with Crippen LogP contribution in [0.1, 0.15) is 37.8 Å². The van der Waals surface area contributed by atoms with Crippen LogP contribution in [0.4, 0.5) is 5.69 Å². The molecule has 0 spiro atoms. The Kier molecular flexibility index (Phi) is 6.50. The second-order valence-electron chi connectivity index (χ2n) is 7.36. The average Bonchev–Trinajstić information content (AvgIpc) is 3.16. The van der Waals surface area contributed by atoms with Gasteiger partial charge in [0.25, 0.3) is 5.91 Å². The first-order valence-corrected chi connectivity index (χ1v) is 9.79. The second-order valence-corrected chi connectivity index (χ2v) is 7.36. The number of anilines is 1. The Bertz CT molecular complexity index is 898. The zero-order valence-corrected chi connectivity index (χ0v) is 16.8. The molecule has 1 fully saturated rings. The van der Waals surface area contributed by atoms with Gasteiger partial charge in [-0.15, -0.1) is 0 Å². The molecule has 1 saturated heterocycles. The molecule has 0 bridgehead atoms. The largest absolute Gasteiger partial charge is 0.484 e. The summed E-state index contributed by atoms with van der Waals surface area (Å²) in [5.74, 6) is 0.628. The van der Waals surface area contributed by atoms with Gasteiger partial charge in [-0.1, -0.05) is 12.1 Å². The summed E-state index contributed by atoms with van der Waals surface area (Å²) in [6, 6.07) is 16.6. The maximum absolute atomic E-state index is 12.7. The van der Waals surface area contributed by atoms with Crippen molar-refractivity contribution in [2.24, 2.45) is 0 Å². The molecule has 150 valence electrons. The second kappa shape index (κ2) is 9.24. The van der Waals surface area contributed by atoms with E-state index in [0.29, 0.717) is 24.3 Å². The summed E-state index contributed by atoms with van der Waals surface area (Å²) in [5.41, 5.74) is 2.42. The van der Waals surface area contributed by atoms with Crippen molar-refractivity contribution < 1.29 is 14.3 Å². The lowest BCUT2D eigenvalue weighted by Gasteiger charge is -2.27. The summed E-state index contributed by atoms with van der Waals surface area (Å²) in [7, 11) is 0. The molecule has 1 aliphatic rings. The molecule has 0 radical (unpaired) electrons. The van der Waals surface area contributed by atoms with E-state index in [0.717, 1.165) is 24.2 Å². The SMILES string of the molecule is CC(C)N(Cc1ccc(C#N)cc1)C(=O)COc1ccc(N2CCCC2=O)cc1. The van der Waals surface area contributed by atoms with Crippen LogP contribution in [0.2, 0.25) is 0 Å². The molecule has 1 aliphatic heterocycles. The molecule has 6 heteroatoms. The first-order chi connectivity index (χ1) is 14.0. The maximum Gasteiger partial charge on any atom is 0.261 e. The van der Waals surface area contributed by atoms with Crippen molar-refractivity contribution in [3.8, 4) is 11.8 Å². The summed E-state index contributed by atoms with van der Waals surface area (Å²) in [6.45, 7) is 5.07. The summed E-state index contributed by atoms with van der Waals surface area (Å²) < 4.78 is 5.68. The van der Waals surface area contributed by atoms with Crippen LogP contribution in [-0.2, 0) is 16.1 Å². The number of amides is 2. The fraction of sp³-hybridized carbons (Fsp3) is 0.348.